The molecule has 3 atom stereocenters. The molecule has 1 N–H and O–H groups in total. The van der Waals surface area contributed by atoms with E-state index in [4.69, 9.17) is 16.3 Å². The van der Waals surface area contributed by atoms with Gasteiger partial charge in [-0.05, 0) is 81.6 Å². The summed E-state index contributed by atoms with van der Waals surface area (Å²) in [5.74, 6) is -1.96. The van der Waals surface area contributed by atoms with Crippen LogP contribution < -0.4 is 10.1 Å². The van der Waals surface area contributed by atoms with Crippen molar-refractivity contribution in [3.63, 3.8) is 0 Å². The van der Waals surface area contributed by atoms with E-state index in [2.05, 4.69) is 5.32 Å². The van der Waals surface area contributed by atoms with Gasteiger partial charge < -0.3 is 10.1 Å². The largest absolute Gasteiger partial charge is 0.490 e. The second kappa shape index (κ2) is 8.09. The predicted octanol–water partition coefficient (Wildman–Crippen LogP) is 4.71. The zero-order chi connectivity index (χ0) is 21.5. The van der Waals surface area contributed by atoms with Crippen molar-refractivity contribution < 1.29 is 21.9 Å². The number of fused-ring (bicyclic) bond motifs is 3. The first-order valence-electron chi connectivity index (χ1n) is 10.1. The first-order valence-corrected chi connectivity index (χ1v) is 11.9. The quantitative estimate of drug-likeness (QED) is 0.709. The van der Waals surface area contributed by atoms with Crippen LogP contribution in [0.2, 0.25) is 5.02 Å². The number of rotatable bonds is 5. The van der Waals surface area contributed by atoms with Crippen LogP contribution in [0.3, 0.4) is 0 Å². The monoisotopic (exact) mass is 455 g/mol. The molecule has 0 aromatic heterocycles. The minimum atomic E-state index is -4.06. The number of hydrogen-bond donors (Lipinski definition) is 1. The molecule has 1 aliphatic carbocycles. The first-order chi connectivity index (χ1) is 14.3. The second-order valence-electron chi connectivity index (χ2n) is 8.12. The Morgan fingerprint density at radius 1 is 1.17 bits per heavy atom. The Hall–Kier alpha value is -1.70. The van der Waals surface area contributed by atoms with Crippen LogP contribution in [0.4, 0.5) is 8.78 Å². The third kappa shape index (κ3) is 3.31. The Morgan fingerprint density at radius 3 is 2.57 bits per heavy atom. The van der Waals surface area contributed by atoms with Crippen LogP contribution in [-0.2, 0) is 14.6 Å². The molecule has 0 amide bonds. The number of hydrogen-bond acceptors (Lipinski definition) is 4. The topological polar surface area (TPSA) is 55.4 Å². The smallest absolute Gasteiger partial charge is 0.188 e. The number of nitrogens with one attached hydrogen (secondary N) is 1. The van der Waals surface area contributed by atoms with Gasteiger partial charge in [0.25, 0.3) is 0 Å². The van der Waals surface area contributed by atoms with Crippen LogP contribution in [0.5, 0.6) is 5.75 Å². The van der Waals surface area contributed by atoms with Crippen molar-refractivity contribution >= 4 is 21.4 Å². The zero-order valence-electron chi connectivity index (χ0n) is 16.6. The number of halogens is 3. The molecule has 0 saturated heterocycles. The van der Waals surface area contributed by atoms with E-state index in [0.717, 1.165) is 25.1 Å². The molecule has 162 valence electrons. The lowest BCUT2D eigenvalue weighted by Gasteiger charge is -2.49. The van der Waals surface area contributed by atoms with Gasteiger partial charge in [0.05, 0.1) is 17.1 Å². The van der Waals surface area contributed by atoms with Gasteiger partial charge in [-0.1, -0.05) is 11.6 Å². The molecule has 0 bridgehead atoms. The Morgan fingerprint density at radius 2 is 1.87 bits per heavy atom. The number of benzene rings is 2. The third-order valence-corrected chi connectivity index (χ3v) is 9.36. The fraction of sp³-hybridized carbons (Fsp3) is 0.455. The predicted molar refractivity (Wildman–Crippen MR) is 112 cm³/mol. The summed E-state index contributed by atoms with van der Waals surface area (Å²) in [5.41, 5.74) is -0.166. The average Bonchev–Trinajstić information content (AvgIpc) is 2.74. The van der Waals surface area contributed by atoms with Crippen LogP contribution >= 0.6 is 11.6 Å². The molecule has 30 heavy (non-hydrogen) atoms. The first kappa shape index (κ1) is 21.5. The molecule has 0 spiro atoms. The highest BCUT2D eigenvalue weighted by atomic mass is 35.5. The van der Waals surface area contributed by atoms with Crippen molar-refractivity contribution in [3.8, 4) is 5.75 Å². The van der Waals surface area contributed by atoms with Crippen molar-refractivity contribution in [2.75, 3.05) is 20.2 Å². The van der Waals surface area contributed by atoms with Gasteiger partial charge >= 0.3 is 0 Å². The molecule has 8 heteroatoms. The van der Waals surface area contributed by atoms with E-state index in [-0.39, 0.29) is 35.2 Å². The summed E-state index contributed by atoms with van der Waals surface area (Å²) >= 11 is 5.95. The molecule has 1 aliphatic heterocycles. The van der Waals surface area contributed by atoms with Crippen molar-refractivity contribution in [3.05, 3.63) is 58.6 Å². The molecule has 2 aromatic carbocycles. The Balaban J connectivity index is 1.90. The van der Waals surface area contributed by atoms with Crippen LogP contribution in [-0.4, -0.2) is 28.6 Å². The highest BCUT2D eigenvalue weighted by Crippen LogP contribution is 2.57. The lowest BCUT2D eigenvalue weighted by Crippen LogP contribution is -2.52. The third-order valence-electron chi connectivity index (χ3n) is 6.52. The Kier molecular flexibility index (Phi) is 5.81. The summed E-state index contributed by atoms with van der Waals surface area (Å²) in [4.78, 5) is 0.0575. The minimum absolute atomic E-state index is 0.0379. The fourth-order valence-electron chi connectivity index (χ4n) is 5.04. The lowest BCUT2D eigenvalue weighted by molar-refractivity contribution is 0.0956. The molecular formula is C22H24ClF2NO3S. The van der Waals surface area contributed by atoms with E-state index in [9.17, 15) is 12.8 Å². The van der Waals surface area contributed by atoms with Crippen LogP contribution in [0, 0.1) is 23.5 Å². The van der Waals surface area contributed by atoms with Crippen LogP contribution in [0.1, 0.15) is 31.2 Å². The summed E-state index contributed by atoms with van der Waals surface area (Å²) in [6.45, 7) is 0.852. The van der Waals surface area contributed by atoms with Crippen molar-refractivity contribution in [2.45, 2.75) is 35.3 Å². The molecule has 0 radical (unpaired) electrons. The van der Waals surface area contributed by atoms with E-state index in [1.54, 1.807) is 0 Å². The molecule has 4 rings (SSSR count). The van der Waals surface area contributed by atoms with Gasteiger partial charge in [-0.25, -0.2) is 17.2 Å². The zero-order valence-corrected chi connectivity index (χ0v) is 18.2. The lowest BCUT2D eigenvalue weighted by atomic mass is 9.68. The Bertz CT molecular complexity index is 1050. The summed E-state index contributed by atoms with van der Waals surface area (Å²) in [5, 5.41) is 3.52. The Labute approximate surface area is 180 Å². The summed E-state index contributed by atoms with van der Waals surface area (Å²) in [7, 11) is -2.19. The fourth-order valence-corrected chi connectivity index (χ4v) is 7.53. The van der Waals surface area contributed by atoms with Gasteiger partial charge in [0.2, 0.25) is 0 Å². The van der Waals surface area contributed by atoms with Gasteiger partial charge in [0.1, 0.15) is 10.6 Å². The molecule has 2 aliphatic rings. The van der Waals surface area contributed by atoms with Gasteiger partial charge in [-0.15, -0.1) is 0 Å². The minimum Gasteiger partial charge on any atom is -0.490 e. The number of ether oxygens (including phenoxy) is 1. The maximum absolute atomic E-state index is 15.1. The van der Waals surface area contributed by atoms with Crippen molar-refractivity contribution in [2.24, 2.45) is 11.8 Å². The molecular weight excluding hydrogens is 432 g/mol. The summed E-state index contributed by atoms with van der Waals surface area (Å²) in [6.07, 6.45) is 2.29. The van der Waals surface area contributed by atoms with E-state index in [0.29, 0.717) is 17.9 Å². The SMILES string of the molecule is CNCC[C@@H]1CC[C@@]2(S(=O)(=O)c3ccc(Cl)cc3)c3c(F)ccc(F)c3OC[C@H]2C1. The van der Waals surface area contributed by atoms with Crippen molar-refractivity contribution in [1.29, 1.82) is 0 Å². The van der Waals surface area contributed by atoms with Gasteiger partial charge in [-0.3, -0.25) is 0 Å². The van der Waals surface area contributed by atoms with Gasteiger partial charge in [-0.2, -0.15) is 0 Å². The van der Waals surface area contributed by atoms with Gasteiger partial charge in [0.15, 0.2) is 21.4 Å². The molecule has 4 nitrogen and oxygen atoms in total. The molecule has 1 fully saturated rings. The molecule has 1 saturated carbocycles. The molecule has 2 aromatic rings. The summed E-state index contributed by atoms with van der Waals surface area (Å²) in [6, 6.07) is 7.84. The van der Waals surface area contributed by atoms with E-state index < -0.39 is 32.1 Å². The maximum Gasteiger partial charge on any atom is 0.188 e. The number of sulfone groups is 1. The van der Waals surface area contributed by atoms with Crippen LogP contribution in [0.25, 0.3) is 0 Å². The molecule has 0 unspecified atom stereocenters. The highest BCUT2D eigenvalue weighted by molar-refractivity contribution is 7.92. The molecule has 1 heterocycles. The van der Waals surface area contributed by atoms with Gasteiger partial charge in [0, 0.05) is 10.9 Å². The summed E-state index contributed by atoms with van der Waals surface area (Å²) < 4.78 is 61.7. The van der Waals surface area contributed by atoms with Crippen LogP contribution in [0.15, 0.2) is 41.3 Å². The standard InChI is InChI=1S/C22H24ClF2NO3S/c1-26-11-9-14-8-10-22(30(27,28)17-4-2-16(23)3-5-17)15(12-14)13-29-21-19(25)7-6-18(24)20(21)22/h2-7,14-15,26H,8-13H2,1H3/t14-,15+,22-/m0/s1. The van der Waals surface area contributed by atoms with E-state index in [1.807, 2.05) is 7.05 Å². The van der Waals surface area contributed by atoms with Crippen molar-refractivity contribution in [1.82, 2.24) is 5.32 Å². The maximum atomic E-state index is 15.1. The highest BCUT2D eigenvalue weighted by Gasteiger charge is 2.59. The normalized spacial score (nSPS) is 25.9. The van der Waals surface area contributed by atoms with E-state index >= 15 is 4.39 Å². The van der Waals surface area contributed by atoms with E-state index in [1.165, 1.54) is 24.3 Å². The average molecular weight is 456 g/mol. The second-order valence-corrected chi connectivity index (χ2v) is 10.8.